The normalized spacial score (nSPS) is 12.0. The zero-order valence-electron chi connectivity index (χ0n) is 14.5. The van der Waals surface area contributed by atoms with Crippen molar-refractivity contribution in [2.24, 2.45) is 0 Å². The lowest BCUT2D eigenvalue weighted by Gasteiger charge is -2.28. The van der Waals surface area contributed by atoms with Crippen LogP contribution >= 0.6 is 0 Å². The summed E-state index contributed by atoms with van der Waals surface area (Å²) in [5.74, 6) is 0.0359. The highest BCUT2D eigenvalue weighted by atomic mass is 16.2. The van der Waals surface area contributed by atoms with Gasteiger partial charge in [-0.1, -0.05) is 42.8 Å². The first-order valence-corrected chi connectivity index (χ1v) is 8.11. The van der Waals surface area contributed by atoms with Crippen molar-refractivity contribution in [3.63, 3.8) is 0 Å². The number of nitrogens with zero attached hydrogens (tertiary/aromatic N) is 1. The van der Waals surface area contributed by atoms with Crippen molar-refractivity contribution < 1.29 is 4.79 Å². The zero-order chi connectivity index (χ0) is 17.0. The summed E-state index contributed by atoms with van der Waals surface area (Å²) < 4.78 is 0. The van der Waals surface area contributed by atoms with Crippen LogP contribution in [0.3, 0.4) is 0 Å². The van der Waals surface area contributed by atoms with Crippen LogP contribution in [0.4, 0.5) is 5.69 Å². The quantitative estimate of drug-likeness (QED) is 0.849. The predicted molar refractivity (Wildman–Crippen MR) is 96.6 cm³/mol. The molecule has 0 radical (unpaired) electrons. The summed E-state index contributed by atoms with van der Waals surface area (Å²) in [7, 11) is 1.88. The van der Waals surface area contributed by atoms with E-state index >= 15 is 0 Å². The van der Waals surface area contributed by atoms with Crippen LogP contribution in [0, 0.1) is 13.8 Å². The highest BCUT2D eigenvalue weighted by Crippen LogP contribution is 2.18. The molecule has 0 bridgehead atoms. The number of carbonyl (C=O) groups is 1. The maximum absolute atomic E-state index is 12.8. The third kappa shape index (κ3) is 4.13. The minimum atomic E-state index is 0.0359. The minimum absolute atomic E-state index is 0.0359. The fourth-order valence-electron chi connectivity index (χ4n) is 2.78. The Kier molecular flexibility index (Phi) is 5.43. The number of likely N-dealkylation sites (N-methyl/N-ethyl adjacent to an activating group) is 1. The number of nitrogen functional groups attached to an aromatic ring is 1. The molecule has 1 atom stereocenters. The van der Waals surface area contributed by atoms with Crippen molar-refractivity contribution in [1.82, 2.24) is 4.90 Å². The Labute approximate surface area is 139 Å². The van der Waals surface area contributed by atoms with Crippen molar-refractivity contribution in [2.75, 3.05) is 12.8 Å². The molecule has 0 fully saturated rings. The molecular formula is C20H26N2O. The number of hydrogen-bond donors (Lipinski definition) is 1. The molecule has 1 unspecified atom stereocenters. The number of carbonyl (C=O) groups excluding carboxylic acids is 1. The molecule has 3 heteroatoms. The lowest BCUT2D eigenvalue weighted by molar-refractivity contribution is 0.0726. The van der Waals surface area contributed by atoms with Crippen LogP contribution in [-0.2, 0) is 6.42 Å². The van der Waals surface area contributed by atoms with E-state index in [1.807, 2.05) is 31.0 Å². The third-order valence-electron chi connectivity index (χ3n) is 4.42. The highest BCUT2D eigenvalue weighted by Gasteiger charge is 2.21. The van der Waals surface area contributed by atoms with Crippen molar-refractivity contribution >= 4 is 11.6 Å². The van der Waals surface area contributed by atoms with Gasteiger partial charge in [0, 0.05) is 24.3 Å². The van der Waals surface area contributed by atoms with Crippen molar-refractivity contribution in [3.8, 4) is 0 Å². The minimum Gasteiger partial charge on any atom is -0.399 e. The first-order valence-electron chi connectivity index (χ1n) is 8.11. The molecule has 23 heavy (non-hydrogen) atoms. The number of anilines is 1. The van der Waals surface area contributed by atoms with Gasteiger partial charge in [0.15, 0.2) is 0 Å². The van der Waals surface area contributed by atoms with E-state index in [4.69, 9.17) is 5.73 Å². The van der Waals surface area contributed by atoms with Crippen LogP contribution in [0.15, 0.2) is 42.5 Å². The van der Waals surface area contributed by atoms with E-state index in [1.54, 1.807) is 6.07 Å². The molecule has 122 valence electrons. The van der Waals surface area contributed by atoms with E-state index in [9.17, 15) is 4.79 Å². The molecule has 3 nitrogen and oxygen atoms in total. The van der Waals surface area contributed by atoms with E-state index < -0.39 is 0 Å². The number of rotatable bonds is 5. The fourth-order valence-corrected chi connectivity index (χ4v) is 2.78. The van der Waals surface area contributed by atoms with E-state index in [0.717, 1.165) is 18.4 Å². The molecule has 2 rings (SSSR count). The van der Waals surface area contributed by atoms with Gasteiger partial charge in [-0.3, -0.25) is 4.79 Å². The molecule has 0 spiro atoms. The van der Waals surface area contributed by atoms with Gasteiger partial charge >= 0.3 is 0 Å². The van der Waals surface area contributed by atoms with Gasteiger partial charge in [0.2, 0.25) is 0 Å². The second-order valence-electron chi connectivity index (χ2n) is 6.24. The largest absolute Gasteiger partial charge is 0.399 e. The molecule has 0 saturated carbocycles. The SMILES string of the molecule is CCC(Cc1ccc(C)cc1)N(C)C(=O)c1cc(N)ccc1C. The van der Waals surface area contributed by atoms with Crippen LogP contribution < -0.4 is 5.73 Å². The topological polar surface area (TPSA) is 46.3 Å². The Morgan fingerprint density at radius 1 is 1.13 bits per heavy atom. The number of amides is 1. The van der Waals surface area contributed by atoms with Crippen LogP contribution in [0.5, 0.6) is 0 Å². The van der Waals surface area contributed by atoms with Gasteiger partial charge in [0.25, 0.3) is 5.91 Å². The fraction of sp³-hybridized carbons (Fsp3) is 0.350. The second-order valence-corrected chi connectivity index (χ2v) is 6.24. The monoisotopic (exact) mass is 310 g/mol. The van der Waals surface area contributed by atoms with Crippen molar-refractivity contribution in [1.29, 1.82) is 0 Å². The van der Waals surface area contributed by atoms with E-state index in [2.05, 4.69) is 38.1 Å². The van der Waals surface area contributed by atoms with Gasteiger partial charge in [-0.15, -0.1) is 0 Å². The molecule has 0 heterocycles. The summed E-state index contributed by atoms with van der Waals surface area (Å²) in [6, 6.07) is 14.2. The summed E-state index contributed by atoms with van der Waals surface area (Å²) in [4.78, 5) is 14.7. The number of benzene rings is 2. The average Bonchev–Trinajstić information content (AvgIpc) is 2.55. The molecule has 2 aromatic rings. The second kappa shape index (κ2) is 7.32. The van der Waals surface area contributed by atoms with Gasteiger partial charge in [0.05, 0.1) is 0 Å². The molecule has 0 aromatic heterocycles. The van der Waals surface area contributed by atoms with Gasteiger partial charge in [-0.05, 0) is 49.9 Å². The summed E-state index contributed by atoms with van der Waals surface area (Å²) >= 11 is 0. The Morgan fingerprint density at radius 3 is 2.39 bits per heavy atom. The first-order chi connectivity index (χ1) is 10.9. The standard InChI is InChI=1S/C20H26N2O/c1-5-18(12-16-9-6-14(2)7-10-16)22(4)20(23)19-13-17(21)11-8-15(19)3/h6-11,13,18H,5,12,21H2,1-4H3. The number of hydrogen-bond acceptors (Lipinski definition) is 2. The number of nitrogens with two attached hydrogens (primary N) is 1. The van der Waals surface area contributed by atoms with Crippen LogP contribution in [0.25, 0.3) is 0 Å². The molecule has 1 amide bonds. The highest BCUT2D eigenvalue weighted by molar-refractivity contribution is 5.96. The van der Waals surface area contributed by atoms with E-state index in [0.29, 0.717) is 11.3 Å². The Balaban J connectivity index is 2.18. The third-order valence-corrected chi connectivity index (χ3v) is 4.42. The molecule has 2 aromatic carbocycles. The lowest BCUT2D eigenvalue weighted by Crippen LogP contribution is -2.38. The maximum atomic E-state index is 12.8. The Bertz CT molecular complexity index is 677. The van der Waals surface area contributed by atoms with E-state index in [1.165, 1.54) is 11.1 Å². The van der Waals surface area contributed by atoms with Crippen LogP contribution in [0.1, 0.15) is 40.4 Å². The summed E-state index contributed by atoms with van der Waals surface area (Å²) in [6.07, 6.45) is 1.78. The van der Waals surface area contributed by atoms with Gasteiger partial charge in [0.1, 0.15) is 0 Å². The van der Waals surface area contributed by atoms with Gasteiger partial charge in [-0.25, -0.2) is 0 Å². The molecule has 0 aliphatic heterocycles. The van der Waals surface area contributed by atoms with E-state index in [-0.39, 0.29) is 11.9 Å². The smallest absolute Gasteiger partial charge is 0.254 e. The molecular weight excluding hydrogens is 284 g/mol. The zero-order valence-corrected chi connectivity index (χ0v) is 14.5. The summed E-state index contributed by atoms with van der Waals surface area (Å²) in [6.45, 7) is 6.15. The van der Waals surface area contributed by atoms with Gasteiger partial charge in [-0.2, -0.15) is 0 Å². The number of aryl methyl sites for hydroxylation is 2. The molecule has 2 N–H and O–H groups in total. The predicted octanol–water partition coefficient (Wildman–Crippen LogP) is 3.98. The van der Waals surface area contributed by atoms with Crippen molar-refractivity contribution in [3.05, 3.63) is 64.7 Å². The molecule has 0 saturated heterocycles. The Morgan fingerprint density at radius 2 is 1.78 bits per heavy atom. The average molecular weight is 310 g/mol. The van der Waals surface area contributed by atoms with Crippen LogP contribution in [-0.4, -0.2) is 23.9 Å². The summed E-state index contributed by atoms with van der Waals surface area (Å²) in [5.41, 5.74) is 10.6. The van der Waals surface area contributed by atoms with Crippen molar-refractivity contribution in [2.45, 2.75) is 39.7 Å². The molecule has 0 aliphatic carbocycles. The van der Waals surface area contributed by atoms with Gasteiger partial charge < -0.3 is 10.6 Å². The Hall–Kier alpha value is -2.29. The lowest BCUT2D eigenvalue weighted by atomic mass is 10.00. The summed E-state index contributed by atoms with van der Waals surface area (Å²) in [5, 5.41) is 0. The molecule has 0 aliphatic rings. The maximum Gasteiger partial charge on any atom is 0.254 e. The van der Waals surface area contributed by atoms with Crippen LogP contribution in [0.2, 0.25) is 0 Å². The first kappa shape index (κ1) is 17.1.